The third-order valence-corrected chi connectivity index (χ3v) is 3.20. The second kappa shape index (κ2) is 6.35. The molecule has 0 saturated carbocycles. The molecule has 0 atom stereocenters. The molecule has 0 radical (unpaired) electrons. The molecule has 1 aromatic heterocycles. The molecule has 110 valence electrons. The zero-order valence-electron chi connectivity index (χ0n) is 13.0. The summed E-state index contributed by atoms with van der Waals surface area (Å²) in [5.74, 6) is 1.88. The summed E-state index contributed by atoms with van der Waals surface area (Å²) in [7, 11) is 1.93. The highest BCUT2D eigenvalue weighted by Crippen LogP contribution is 2.23. The van der Waals surface area contributed by atoms with Crippen LogP contribution in [0.2, 0.25) is 0 Å². The van der Waals surface area contributed by atoms with Gasteiger partial charge in [-0.25, -0.2) is 0 Å². The Labute approximate surface area is 125 Å². The quantitative estimate of drug-likeness (QED) is 0.854. The number of hydrogen-bond donors (Lipinski definition) is 1. The van der Waals surface area contributed by atoms with Gasteiger partial charge in [-0.05, 0) is 31.9 Å². The average molecular weight is 283 g/mol. The lowest BCUT2D eigenvalue weighted by molar-refractivity contribution is 0.892. The fourth-order valence-corrected chi connectivity index (χ4v) is 2.09. The van der Waals surface area contributed by atoms with Crippen molar-refractivity contribution < 1.29 is 0 Å². The van der Waals surface area contributed by atoms with Crippen LogP contribution in [0.15, 0.2) is 30.9 Å². The van der Waals surface area contributed by atoms with E-state index in [2.05, 4.69) is 52.8 Å². The number of likely N-dealkylation sites (N-methyl/N-ethyl adjacent to an activating group) is 1. The Morgan fingerprint density at radius 3 is 2.43 bits per heavy atom. The standard InChI is InChI=1S/C16H21N5/c1-6-10-21(5)16-18-13(4)17-15(20-16)19-14-11(2)8-7-9-12(14)3/h6-9H,1,10H2,2-5H3,(H,17,18,19,20). The van der Waals surface area contributed by atoms with Crippen LogP contribution in [0.5, 0.6) is 0 Å². The van der Waals surface area contributed by atoms with Gasteiger partial charge in [-0.2, -0.15) is 15.0 Å². The molecule has 2 aromatic rings. The number of anilines is 3. The minimum absolute atomic E-state index is 0.561. The van der Waals surface area contributed by atoms with Crippen LogP contribution in [-0.2, 0) is 0 Å². The van der Waals surface area contributed by atoms with Gasteiger partial charge in [0.1, 0.15) is 5.82 Å². The van der Waals surface area contributed by atoms with E-state index in [0.717, 1.165) is 16.8 Å². The molecule has 5 heteroatoms. The normalized spacial score (nSPS) is 10.3. The third kappa shape index (κ3) is 3.56. The van der Waals surface area contributed by atoms with Gasteiger partial charge in [0.2, 0.25) is 11.9 Å². The molecule has 0 aliphatic rings. The zero-order chi connectivity index (χ0) is 15.4. The minimum atomic E-state index is 0.561. The van der Waals surface area contributed by atoms with Gasteiger partial charge < -0.3 is 10.2 Å². The highest BCUT2D eigenvalue weighted by molar-refractivity contribution is 5.63. The smallest absolute Gasteiger partial charge is 0.232 e. The van der Waals surface area contributed by atoms with Gasteiger partial charge >= 0.3 is 0 Å². The van der Waals surface area contributed by atoms with Gasteiger partial charge in [0.05, 0.1) is 0 Å². The molecule has 1 heterocycles. The molecule has 0 unspecified atom stereocenters. The maximum atomic E-state index is 4.47. The zero-order valence-corrected chi connectivity index (χ0v) is 13.0. The highest BCUT2D eigenvalue weighted by atomic mass is 15.3. The van der Waals surface area contributed by atoms with E-state index in [9.17, 15) is 0 Å². The van der Waals surface area contributed by atoms with Gasteiger partial charge in [-0.3, -0.25) is 0 Å². The van der Waals surface area contributed by atoms with Crippen molar-refractivity contribution in [3.8, 4) is 0 Å². The fraction of sp³-hybridized carbons (Fsp3) is 0.312. The van der Waals surface area contributed by atoms with Crippen LogP contribution in [0.3, 0.4) is 0 Å². The van der Waals surface area contributed by atoms with Crippen molar-refractivity contribution >= 4 is 17.6 Å². The molecule has 0 spiro atoms. The van der Waals surface area contributed by atoms with E-state index in [1.807, 2.05) is 31.0 Å². The average Bonchev–Trinajstić information content (AvgIpc) is 2.43. The van der Waals surface area contributed by atoms with Gasteiger partial charge in [0, 0.05) is 19.3 Å². The van der Waals surface area contributed by atoms with E-state index >= 15 is 0 Å². The van der Waals surface area contributed by atoms with Crippen molar-refractivity contribution in [1.82, 2.24) is 15.0 Å². The van der Waals surface area contributed by atoms with Crippen molar-refractivity contribution in [3.05, 3.63) is 47.8 Å². The summed E-state index contributed by atoms with van der Waals surface area (Å²) in [5, 5.41) is 3.30. The molecule has 2 rings (SSSR count). The van der Waals surface area contributed by atoms with Crippen molar-refractivity contribution in [2.45, 2.75) is 20.8 Å². The summed E-state index contributed by atoms with van der Waals surface area (Å²) in [5.41, 5.74) is 3.36. The first-order valence-corrected chi connectivity index (χ1v) is 6.89. The molecule has 0 aliphatic carbocycles. The summed E-state index contributed by atoms with van der Waals surface area (Å²) in [6.45, 7) is 10.4. The van der Waals surface area contributed by atoms with Crippen LogP contribution >= 0.6 is 0 Å². The first-order chi connectivity index (χ1) is 10.0. The number of nitrogens with one attached hydrogen (secondary N) is 1. The van der Waals surface area contributed by atoms with Crippen molar-refractivity contribution in [2.24, 2.45) is 0 Å². The van der Waals surface area contributed by atoms with Crippen LogP contribution in [0.4, 0.5) is 17.6 Å². The lowest BCUT2D eigenvalue weighted by Crippen LogP contribution is -2.20. The first kappa shape index (κ1) is 15.0. The predicted octanol–water partition coefficient (Wildman–Crippen LogP) is 3.16. The Morgan fingerprint density at radius 1 is 1.14 bits per heavy atom. The fourth-order valence-electron chi connectivity index (χ4n) is 2.09. The van der Waals surface area contributed by atoms with Crippen molar-refractivity contribution in [2.75, 3.05) is 23.8 Å². The molecule has 0 saturated heterocycles. The molecule has 0 amide bonds. The molecular formula is C16H21N5. The largest absolute Gasteiger partial charge is 0.340 e. The van der Waals surface area contributed by atoms with Crippen LogP contribution < -0.4 is 10.2 Å². The van der Waals surface area contributed by atoms with Crippen LogP contribution in [-0.4, -0.2) is 28.5 Å². The van der Waals surface area contributed by atoms with E-state index in [-0.39, 0.29) is 0 Å². The second-order valence-corrected chi connectivity index (χ2v) is 5.07. The van der Waals surface area contributed by atoms with E-state index in [4.69, 9.17) is 0 Å². The minimum Gasteiger partial charge on any atom is -0.340 e. The molecule has 0 bridgehead atoms. The van der Waals surface area contributed by atoms with Crippen molar-refractivity contribution in [3.63, 3.8) is 0 Å². The maximum absolute atomic E-state index is 4.47. The van der Waals surface area contributed by atoms with E-state index in [0.29, 0.717) is 24.3 Å². The number of para-hydroxylation sites is 1. The Hall–Kier alpha value is -2.43. The van der Waals surface area contributed by atoms with Gasteiger partial charge in [-0.15, -0.1) is 6.58 Å². The number of rotatable bonds is 5. The van der Waals surface area contributed by atoms with Crippen LogP contribution in [0.25, 0.3) is 0 Å². The molecule has 21 heavy (non-hydrogen) atoms. The van der Waals surface area contributed by atoms with Crippen molar-refractivity contribution in [1.29, 1.82) is 0 Å². The Morgan fingerprint density at radius 2 is 1.81 bits per heavy atom. The summed E-state index contributed by atoms with van der Waals surface area (Å²) < 4.78 is 0. The van der Waals surface area contributed by atoms with Gasteiger partial charge in [-0.1, -0.05) is 24.3 Å². The summed E-state index contributed by atoms with van der Waals surface area (Å²) in [6, 6.07) is 6.17. The lowest BCUT2D eigenvalue weighted by atomic mass is 10.1. The van der Waals surface area contributed by atoms with Crippen LogP contribution in [0.1, 0.15) is 17.0 Å². The number of aryl methyl sites for hydroxylation is 3. The summed E-state index contributed by atoms with van der Waals surface area (Å²) in [6.07, 6.45) is 1.82. The SMILES string of the molecule is C=CCN(C)c1nc(C)nc(Nc2c(C)cccc2C)n1. The molecule has 1 aromatic carbocycles. The molecule has 0 fully saturated rings. The van der Waals surface area contributed by atoms with Crippen LogP contribution in [0, 0.1) is 20.8 Å². The third-order valence-electron chi connectivity index (χ3n) is 3.20. The Kier molecular flexibility index (Phi) is 4.52. The monoisotopic (exact) mass is 283 g/mol. The summed E-state index contributed by atoms with van der Waals surface area (Å²) >= 11 is 0. The van der Waals surface area contributed by atoms with Gasteiger partial charge in [0.15, 0.2) is 0 Å². The van der Waals surface area contributed by atoms with E-state index < -0.39 is 0 Å². The molecule has 1 N–H and O–H groups in total. The van der Waals surface area contributed by atoms with Gasteiger partial charge in [0.25, 0.3) is 0 Å². The number of benzene rings is 1. The lowest BCUT2D eigenvalue weighted by Gasteiger charge is -2.17. The molecule has 5 nitrogen and oxygen atoms in total. The topological polar surface area (TPSA) is 53.9 Å². The van der Waals surface area contributed by atoms with E-state index in [1.54, 1.807) is 0 Å². The maximum Gasteiger partial charge on any atom is 0.232 e. The predicted molar refractivity (Wildman–Crippen MR) is 87.2 cm³/mol. The number of nitrogens with zero attached hydrogens (tertiary/aromatic N) is 4. The number of hydrogen-bond acceptors (Lipinski definition) is 5. The first-order valence-electron chi connectivity index (χ1n) is 6.89. The molecular weight excluding hydrogens is 262 g/mol. The summed E-state index contributed by atoms with van der Waals surface area (Å²) in [4.78, 5) is 15.1. The van der Waals surface area contributed by atoms with E-state index in [1.165, 1.54) is 0 Å². The molecule has 0 aliphatic heterocycles. The second-order valence-electron chi connectivity index (χ2n) is 5.07. The number of aromatic nitrogens is 3. The Balaban J connectivity index is 2.34. The highest BCUT2D eigenvalue weighted by Gasteiger charge is 2.09. The Bertz CT molecular complexity index is 631.